The number of rotatable bonds is 7. The molecule has 1 rings (SSSR count). The van der Waals surface area contributed by atoms with Crippen LogP contribution in [0.3, 0.4) is 0 Å². The molecular weight excluding hydrogens is 222 g/mol. The van der Waals surface area contributed by atoms with Crippen LogP contribution in [0, 0.1) is 0 Å². The van der Waals surface area contributed by atoms with Gasteiger partial charge in [0.2, 0.25) is 0 Å². The zero-order valence-electron chi connectivity index (χ0n) is 12.4. The molecule has 102 valence electrons. The van der Waals surface area contributed by atoms with Gasteiger partial charge in [-0.3, -0.25) is 0 Å². The normalized spacial score (nSPS) is 14.8. The van der Waals surface area contributed by atoms with Gasteiger partial charge in [-0.05, 0) is 37.8 Å². The summed E-state index contributed by atoms with van der Waals surface area (Å²) in [6.07, 6.45) is 0.271. The SMILES string of the molecule is CCOC(C)CNC(C)c1ccc(C(C)C)cc1. The topological polar surface area (TPSA) is 21.3 Å². The van der Waals surface area contributed by atoms with E-state index in [0.29, 0.717) is 12.0 Å². The van der Waals surface area contributed by atoms with Gasteiger partial charge in [0.15, 0.2) is 0 Å². The molecule has 0 spiro atoms. The number of hydrogen-bond acceptors (Lipinski definition) is 2. The van der Waals surface area contributed by atoms with Crippen LogP contribution >= 0.6 is 0 Å². The Morgan fingerprint density at radius 2 is 1.56 bits per heavy atom. The van der Waals surface area contributed by atoms with Crippen molar-refractivity contribution in [3.63, 3.8) is 0 Å². The zero-order chi connectivity index (χ0) is 13.5. The lowest BCUT2D eigenvalue weighted by Gasteiger charge is -2.18. The fraction of sp³-hybridized carbons (Fsp3) is 0.625. The molecule has 18 heavy (non-hydrogen) atoms. The minimum absolute atomic E-state index is 0.271. The van der Waals surface area contributed by atoms with Gasteiger partial charge in [0, 0.05) is 19.2 Å². The molecule has 0 bridgehead atoms. The van der Waals surface area contributed by atoms with Crippen LogP contribution in [0.25, 0.3) is 0 Å². The van der Waals surface area contributed by atoms with E-state index in [0.717, 1.165) is 13.2 Å². The molecule has 2 atom stereocenters. The molecule has 0 saturated heterocycles. The van der Waals surface area contributed by atoms with Gasteiger partial charge in [-0.15, -0.1) is 0 Å². The molecule has 2 nitrogen and oxygen atoms in total. The minimum Gasteiger partial charge on any atom is -0.377 e. The first-order chi connectivity index (χ1) is 8.54. The van der Waals surface area contributed by atoms with Crippen molar-refractivity contribution in [3.8, 4) is 0 Å². The van der Waals surface area contributed by atoms with Crippen molar-refractivity contribution in [2.24, 2.45) is 0 Å². The van der Waals surface area contributed by atoms with Gasteiger partial charge >= 0.3 is 0 Å². The van der Waals surface area contributed by atoms with Crippen LogP contribution < -0.4 is 5.32 Å². The van der Waals surface area contributed by atoms with Crippen molar-refractivity contribution in [2.45, 2.75) is 52.7 Å². The molecule has 0 aliphatic carbocycles. The number of hydrogen-bond donors (Lipinski definition) is 1. The van der Waals surface area contributed by atoms with E-state index in [2.05, 4.69) is 57.3 Å². The maximum absolute atomic E-state index is 5.52. The number of ether oxygens (including phenoxy) is 1. The van der Waals surface area contributed by atoms with Crippen LogP contribution in [0.2, 0.25) is 0 Å². The van der Waals surface area contributed by atoms with E-state index < -0.39 is 0 Å². The van der Waals surface area contributed by atoms with E-state index in [-0.39, 0.29) is 6.10 Å². The van der Waals surface area contributed by atoms with Gasteiger partial charge in [-0.25, -0.2) is 0 Å². The summed E-state index contributed by atoms with van der Waals surface area (Å²) in [6, 6.07) is 9.26. The van der Waals surface area contributed by atoms with Crippen molar-refractivity contribution in [1.29, 1.82) is 0 Å². The molecule has 0 aliphatic heterocycles. The van der Waals surface area contributed by atoms with E-state index in [1.807, 2.05) is 6.92 Å². The molecule has 0 amide bonds. The van der Waals surface area contributed by atoms with Crippen LogP contribution in [0.15, 0.2) is 24.3 Å². The Bertz CT molecular complexity index is 331. The summed E-state index contributed by atoms with van der Waals surface area (Å²) in [5.41, 5.74) is 2.73. The van der Waals surface area contributed by atoms with E-state index in [1.54, 1.807) is 0 Å². The lowest BCUT2D eigenvalue weighted by atomic mass is 9.99. The molecular formula is C16H27NO. The molecule has 0 aromatic heterocycles. The predicted octanol–water partition coefficient (Wildman–Crippen LogP) is 3.89. The van der Waals surface area contributed by atoms with Gasteiger partial charge in [-0.2, -0.15) is 0 Å². The summed E-state index contributed by atoms with van der Waals surface area (Å²) in [7, 11) is 0. The predicted molar refractivity (Wildman–Crippen MR) is 78.0 cm³/mol. The van der Waals surface area contributed by atoms with Gasteiger partial charge in [0.25, 0.3) is 0 Å². The lowest BCUT2D eigenvalue weighted by Crippen LogP contribution is -2.29. The highest BCUT2D eigenvalue weighted by atomic mass is 16.5. The maximum atomic E-state index is 5.52. The van der Waals surface area contributed by atoms with Crippen molar-refractivity contribution in [1.82, 2.24) is 5.32 Å². The standard InChI is InChI=1S/C16H27NO/c1-6-18-13(4)11-17-14(5)16-9-7-15(8-10-16)12(2)3/h7-10,12-14,17H,6,11H2,1-5H3. The van der Waals surface area contributed by atoms with Gasteiger partial charge < -0.3 is 10.1 Å². The molecule has 0 saturated carbocycles. The Labute approximate surface area is 112 Å². The second kappa shape index (κ2) is 7.55. The van der Waals surface area contributed by atoms with Crippen LogP contribution in [0.1, 0.15) is 57.7 Å². The van der Waals surface area contributed by atoms with Gasteiger partial charge in [0.05, 0.1) is 6.10 Å². The third-order valence-electron chi connectivity index (χ3n) is 3.27. The van der Waals surface area contributed by atoms with Crippen LogP contribution in [-0.2, 0) is 4.74 Å². The fourth-order valence-electron chi connectivity index (χ4n) is 1.97. The summed E-state index contributed by atoms with van der Waals surface area (Å²) in [5, 5.41) is 3.51. The zero-order valence-corrected chi connectivity index (χ0v) is 12.4. The minimum atomic E-state index is 0.271. The second-order valence-corrected chi connectivity index (χ2v) is 5.22. The van der Waals surface area contributed by atoms with E-state index in [4.69, 9.17) is 4.74 Å². The number of benzene rings is 1. The Morgan fingerprint density at radius 1 is 1.00 bits per heavy atom. The van der Waals surface area contributed by atoms with Crippen molar-refractivity contribution in [3.05, 3.63) is 35.4 Å². The summed E-state index contributed by atoms with van der Waals surface area (Å²) in [5.74, 6) is 0.597. The van der Waals surface area contributed by atoms with Crippen molar-refractivity contribution in [2.75, 3.05) is 13.2 Å². The molecule has 2 unspecified atom stereocenters. The Morgan fingerprint density at radius 3 is 2.06 bits per heavy atom. The van der Waals surface area contributed by atoms with Gasteiger partial charge in [-0.1, -0.05) is 38.1 Å². The highest BCUT2D eigenvalue weighted by molar-refractivity contribution is 5.26. The highest BCUT2D eigenvalue weighted by Crippen LogP contribution is 2.18. The molecule has 0 fully saturated rings. The van der Waals surface area contributed by atoms with E-state index in [9.17, 15) is 0 Å². The third kappa shape index (κ3) is 4.79. The molecule has 1 aromatic carbocycles. The third-order valence-corrected chi connectivity index (χ3v) is 3.27. The molecule has 0 radical (unpaired) electrons. The average Bonchev–Trinajstić information content (AvgIpc) is 2.36. The second-order valence-electron chi connectivity index (χ2n) is 5.22. The smallest absolute Gasteiger partial charge is 0.0671 e. The van der Waals surface area contributed by atoms with E-state index >= 15 is 0 Å². The molecule has 2 heteroatoms. The van der Waals surface area contributed by atoms with Crippen LogP contribution in [-0.4, -0.2) is 19.3 Å². The summed E-state index contributed by atoms with van der Waals surface area (Å²) in [4.78, 5) is 0. The molecule has 0 heterocycles. The van der Waals surface area contributed by atoms with Crippen LogP contribution in [0.4, 0.5) is 0 Å². The largest absolute Gasteiger partial charge is 0.377 e. The lowest BCUT2D eigenvalue weighted by molar-refractivity contribution is 0.0743. The Hall–Kier alpha value is -0.860. The quantitative estimate of drug-likeness (QED) is 0.791. The highest BCUT2D eigenvalue weighted by Gasteiger charge is 2.08. The fourth-order valence-corrected chi connectivity index (χ4v) is 1.97. The first-order valence-electron chi connectivity index (χ1n) is 6.99. The first-order valence-corrected chi connectivity index (χ1v) is 6.99. The molecule has 1 aromatic rings. The van der Waals surface area contributed by atoms with Crippen molar-refractivity contribution >= 4 is 0 Å². The first kappa shape index (κ1) is 15.2. The van der Waals surface area contributed by atoms with Crippen molar-refractivity contribution < 1.29 is 4.74 Å². The average molecular weight is 249 g/mol. The van der Waals surface area contributed by atoms with E-state index in [1.165, 1.54) is 11.1 Å². The summed E-state index contributed by atoms with van der Waals surface area (Å²) in [6.45, 7) is 12.4. The van der Waals surface area contributed by atoms with Crippen LogP contribution in [0.5, 0.6) is 0 Å². The van der Waals surface area contributed by atoms with Gasteiger partial charge in [0.1, 0.15) is 0 Å². The maximum Gasteiger partial charge on any atom is 0.0671 e. The molecule has 0 aliphatic rings. The number of nitrogens with one attached hydrogen (secondary N) is 1. The Kier molecular flexibility index (Phi) is 6.37. The summed E-state index contributed by atoms with van der Waals surface area (Å²) >= 11 is 0. The monoisotopic (exact) mass is 249 g/mol. The summed E-state index contributed by atoms with van der Waals surface area (Å²) < 4.78 is 5.52. The Balaban J connectivity index is 2.48. The molecule has 1 N–H and O–H groups in total.